The molecule has 0 N–H and O–H groups in total. The van der Waals surface area contributed by atoms with Crippen molar-refractivity contribution in [2.75, 3.05) is 0 Å². The molecule has 2 saturated carbocycles. The van der Waals surface area contributed by atoms with E-state index in [2.05, 4.69) is 6.92 Å². The van der Waals surface area contributed by atoms with Gasteiger partial charge in [0.15, 0.2) is 0 Å². The van der Waals surface area contributed by atoms with Gasteiger partial charge in [0.05, 0.1) is 0 Å². The topological polar surface area (TPSA) is 17.1 Å². The van der Waals surface area contributed by atoms with Crippen molar-refractivity contribution in [1.82, 2.24) is 0 Å². The lowest BCUT2D eigenvalue weighted by molar-refractivity contribution is -0.113. The molecular formula is C25H46O. The lowest BCUT2D eigenvalue weighted by Gasteiger charge is -2.29. The largest absolute Gasteiger partial charge is 0.303 e. The molecule has 0 aromatic carbocycles. The van der Waals surface area contributed by atoms with Gasteiger partial charge in [-0.1, -0.05) is 103 Å². The molecule has 4 unspecified atom stereocenters. The Balaban J connectivity index is 1.39. The van der Waals surface area contributed by atoms with Crippen LogP contribution in [0.5, 0.6) is 0 Å². The predicted octanol–water partition coefficient (Wildman–Crippen LogP) is 8.11. The molecule has 152 valence electrons. The summed E-state index contributed by atoms with van der Waals surface area (Å²) in [4.78, 5) is 11.2. The minimum absolute atomic E-state index is 0.389. The molecule has 4 atom stereocenters. The van der Waals surface area contributed by atoms with Crippen LogP contribution in [0.2, 0.25) is 0 Å². The van der Waals surface area contributed by atoms with E-state index in [4.69, 9.17) is 0 Å². The van der Waals surface area contributed by atoms with Crippen molar-refractivity contribution in [2.45, 2.75) is 129 Å². The normalized spacial score (nSPS) is 29.6. The second-order valence-corrected chi connectivity index (χ2v) is 9.58. The van der Waals surface area contributed by atoms with Crippen LogP contribution in [0, 0.1) is 23.7 Å². The summed E-state index contributed by atoms with van der Waals surface area (Å²) in [6.45, 7) is 2.35. The fourth-order valence-electron chi connectivity index (χ4n) is 5.83. The highest BCUT2D eigenvalue weighted by molar-refractivity contribution is 5.54. The zero-order valence-corrected chi connectivity index (χ0v) is 17.7. The number of hydrogen-bond acceptors (Lipinski definition) is 1. The zero-order chi connectivity index (χ0) is 18.5. The molecule has 2 rings (SSSR count). The summed E-state index contributed by atoms with van der Waals surface area (Å²) < 4.78 is 0. The van der Waals surface area contributed by atoms with Crippen LogP contribution in [0.15, 0.2) is 0 Å². The van der Waals surface area contributed by atoms with Crippen LogP contribution in [0.1, 0.15) is 129 Å². The van der Waals surface area contributed by atoms with Crippen LogP contribution in [0.3, 0.4) is 0 Å². The van der Waals surface area contributed by atoms with Crippen molar-refractivity contribution in [3.8, 4) is 0 Å². The third kappa shape index (κ3) is 8.57. The predicted molar refractivity (Wildman–Crippen MR) is 113 cm³/mol. The van der Waals surface area contributed by atoms with Gasteiger partial charge in [-0.3, -0.25) is 0 Å². The van der Waals surface area contributed by atoms with E-state index in [1.54, 1.807) is 0 Å². The van der Waals surface area contributed by atoms with Crippen molar-refractivity contribution in [3.63, 3.8) is 0 Å². The van der Waals surface area contributed by atoms with Gasteiger partial charge in [-0.15, -0.1) is 0 Å². The maximum atomic E-state index is 11.2. The van der Waals surface area contributed by atoms with E-state index in [9.17, 15) is 4.79 Å². The first-order valence-electron chi connectivity index (χ1n) is 12.3. The number of carbonyl (C=O) groups excluding carboxylic acids is 1. The summed E-state index contributed by atoms with van der Waals surface area (Å²) in [7, 11) is 0. The summed E-state index contributed by atoms with van der Waals surface area (Å²) in [5.74, 6) is 3.22. The Morgan fingerprint density at radius 3 is 2.00 bits per heavy atom. The minimum Gasteiger partial charge on any atom is -0.303 e. The van der Waals surface area contributed by atoms with E-state index in [1.807, 2.05) is 0 Å². The third-order valence-corrected chi connectivity index (χ3v) is 7.42. The molecule has 0 amide bonds. The highest BCUT2D eigenvalue weighted by atomic mass is 16.1. The first kappa shape index (κ1) is 22.0. The fourth-order valence-corrected chi connectivity index (χ4v) is 5.83. The summed E-state index contributed by atoms with van der Waals surface area (Å²) in [6, 6.07) is 0. The molecule has 0 spiro atoms. The van der Waals surface area contributed by atoms with E-state index >= 15 is 0 Å². The van der Waals surface area contributed by atoms with Gasteiger partial charge in [0.25, 0.3) is 0 Å². The van der Waals surface area contributed by atoms with Crippen LogP contribution in [0.25, 0.3) is 0 Å². The summed E-state index contributed by atoms with van der Waals surface area (Å²) in [5, 5.41) is 0. The molecule has 2 aliphatic rings. The molecule has 0 aromatic heterocycles. The third-order valence-electron chi connectivity index (χ3n) is 7.42. The molecule has 1 nitrogen and oxygen atoms in total. The molecule has 0 heterocycles. The van der Waals surface area contributed by atoms with Crippen LogP contribution in [-0.4, -0.2) is 6.29 Å². The number of aldehydes is 1. The molecule has 0 bridgehead atoms. The second-order valence-electron chi connectivity index (χ2n) is 9.58. The van der Waals surface area contributed by atoms with Gasteiger partial charge < -0.3 is 4.79 Å². The molecule has 26 heavy (non-hydrogen) atoms. The fraction of sp³-hybridized carbons (Fsp3) is 0.960. The Kier molecular flexibility index (Phi) is 11.6. The van der Waals surface area contributed by atoms with Crippen molar-refractivity contribution in [1.29, 1.82) is 0 Å². The number of hydrogen-bond donors (Lipinski definition) is 0. The van der Waals surface area contributed by atoms with E-state index in [0.717, 1.165) is 18.3 Å². The Labute approximate surface area is 164 Å². The Morgan fingerprint density at radius 2 is 1.31 bits per heavy atom. The van der Waals surface area contributed by atoms with Crippen molar-refractivity contribution in [3.05, 3.63) is 0 Å². The van der Waals surface area contributed by atoms with Gasteiger partial charge in [0, 0.05) is 5.92 Å². The first-order valence-corrected chi connectivity index (χ1v) is 12.3. The van der Waals surface area contributed by atoms with Gasteiger partial charge in [0.2, 0.25) is 0 Å². The van der Waals surface area contributed by atoms with Crippen LogP contribution in [0.4, 0.5) is 0 Å². The van der Waals surface area contributed by atoms with E-state index in [-0.39, 0.29) is 0 Å². The molecule has 0 aliphatic heterocycles. The molecule has 2 aliphatic carbocycles. The van der Waals surface area contributed by atoms with E-state index in [1.165, 1.54) is 122 Å². The quantitative estimate of drug-likeness (QED) is 0.239. The average Bonchev–Trinajstić information content (AvgIpc) is 2.67. The highest BCUT2D eigenvalue weighted by Crippen LogP contribution is 2.35. The first-order chi connectivity index (χ1) is 12.8. The summed E-state index contributed by atoms with van der Waals surface area (Å²) in [6.07, 6.45) is 28.1. The Hall–Kier alpha value is -0.330. The maximum absolute atomic E-state index is 11.2. The van der Waals surface area contributed by atoms with Crippen molar-refractivity contribution >= 4 is 6.29 Å². The zero-order valence-electron chi connectivity index (χ0n) is 17.7. The Bertz CT molecular complexity index is 348. The molecule has 1 heteroatoms. The average molecular weight is 363 g/mol. The highest BCUT2D eigenvalue weighted by Gasteiger charge is 2.24. The van der Waals surface area contributed by atoms with Gasteiger partial charge in [-0.05, 0) is 43.4 Å². The Morgan fingerprint density at radius 1 is 0.692 bits per heavy atom. The number of unbranched alkanes of at least 4 members (excludes halogenated alkanes) is 6. The van der Waals surface area contributed by atoms with E-state index < -0.39 is 0 Å². The summed E-state index contributed by atoms with van der Waals surface area (Å²) in [5.41, 5.74) is 0. The lowest BCUT2D eigenvalue weighted by Crippen LogP contribution is -2.20. The van der Waals surface area contributed by atoms with Crippen LogP contribution >= 0.6 is 0 Å². The second kappa shape index (κ2) is 13.8. The lowest BCUT2D eigenvalue weighted by atomic mass is 9.77. The number of rotatable bonds is 13. The van der Waals surface area contributed by atoms with Gasteiger partial charge in [-0.25, -0.2) is 0 Å². The molecule has 0 radical (unpaired) electrons. The van der Waals surface area contributed by atoms with E-state index in [0.29, 0.717) is 11.8 Å². The summed E-state index contributed by atoms with van der Waals surface area (Å²) >= 11 is 0. The SMILES string of the molecule is CCCC1CCCC(CCCCCCCCCC2CCCCC2C=O)C1. The van der Waals surface area contributed by atoms with Crippen LogP contribution in [-0.2, 0) is 4.79 Å². The number of carbonyl (C=O) groups is 1. The monoisotopic (exact) mass is 362 g/mol. The van der Waals surface area contributed by atoms with Crippen LogP contribution < -0.4 is 0 Å². The molecule has 0 saturated heterocycles. The smallest absolute Gasteiger partial charge is 0.123 e. The maximum Gasteiger partial charge on any atom is 0.123 e. The molecule has 2 fully saturated rings. The molecular weight excluding hydrogens is 316 g/mol. The van der Waals surface area contributed by atoms with Gasteiger partial charge in [0.1, 0.15) is 6.29 Å². The standard InChI is InChI=1S/C25H46O/c1-2-13-22-15-12-16-23(20-22)14-8-6-4-3-5-7-9-17-24-18-10-11-19-25(24)21-26/h21-25H,2-20H2,1H3. The van der Waals surface area contributed by atoms with Crippen molar-refractivity contribution in [2.24, 2.45) is 23.7 Å². The van der Waals surface area contributed by atoms with Gasteiger partial charge >= 0.3 is 0 Å². The molecule has 0 aromatic rings. The van der Waals surface area contributed by atoms with Crippen molar-refractivity contribution < 1.29 is 4.79 Å². The minimum atomic E-state index is 0.389. The van der Waals surface area contributed by atoms with Gasteiger partial charge in [-0.2, -0.15) is 0 Å².